The van der Waals surface area contributed by atoms with Gasteiger partial charge in [-0.15, -0.1) is 0 Å². The lowest BCUT2D eigenvalue weighted by Gasteiger charge is -2.34. The Morgan fingerprint density at radius 3 is 2.92 bits per heavy atom. The zero-order valence-corrected chi connectivity index (χ0v) is 14.3. The van der Waals surface area contributed by atoms with Gasteiger partial charge in [-0.25, -0.2) is 4.99 Å². The van der Waals surface area contributed by atoms with E-state index in [9.17, 15) is 5.11 Å². The number of hydrogen-bond donors (Lipinski definition) is 2. The molecular formula is C18H22N4O3. The number of aliphatic hydroxyl groups is 1. The molecule has 3 rings (SSSR count). The molecule has 2 aromatic rings. The Morgan fingerprint density at radius 1 is 1.40 bits per heavy atom. The molecule has 7 nitrogen and oxygen atoms in total. The lowest BCUT2D eigenvalue weighted by Crippen LogP contribution is -2.35. The summed E-state index contributed by atoms with van der Waals surface area (Å²) in [5.41, 5.74) is 7.93. The van der Waals surface area contributed by atoms with Gasteiger partial charge in [-0.2, -0.15) is 0 Å². The average Bonchev–Trinajstić information content (AvgIpc) is 3.10. The van der Waals surface area contributed by atoms with Crippen LogP contribution in [0, 0.1) is 6.92 Å². The van der Waals surface area contributed by atoms with E-state index in [4.69, 9.17) is 14.9 Å². The summed E-state index contributed by atoms with van der Waals surface area (Å²) in [6.45, 7) is 4.30. The van der Waals surface area contributed by atoms with Crippen molar-refractivity contribution < 1.29 is 14.3 Å². The Morgan fingerprint density at radius 2 is 2.24 bits per heavy atom. The van der Waals surface area contributed by atoms with Crippen LogP contribution in [-0.2, 0) is 11.3 Å². The Balaban J connectivity index is 1.94. The molecule has 0 aliphatic carbocycles. The number of aliphatic imine (C=N–C) groups is 1. The van der Waals surface area contributed by atoms with Crippen LogP contribution in [0.5, 0.6) is 0 Å². The highest BCUT2D eigenvalue weighted by Gasteiger charge is 2.30. The number of ether oxygens (including phenoxy) is 1. The lowest BCUT2D eigenvalue weighted by molar-refractivity contribution is 0.0247. The molecule has 25 heavy (non-hydrogen) atoms. The van der Waals surface area contributed by atoms with Crippen LogP contribution in [0.15, 0.2) is 58.1 Å². The van der Waals surface area contributed by atoms with Gasteiger partial charge in [0.15, 0.2) is 12.0 Å². The van der Waals surface area contributed by atoms with Gasteiger partial charge in [-0.05, 0) is 37.6 Å². The minimum absolute atomic E-state index is 0.154. The molecule has 1 aliphatic heterocycles. The van der Waals surface area contributed by atoms with Crippen molar-refractivity contribution in [1.82, 2.24) is 9.88 Å². The zero-order valence-electron chi connectivity index (χ0n) is 14.3. The third kappa shape index (κ3) is 4.00. The van der Waals surface area contributed by atoms with E-state index in [-0.39, 0.29) is 6.61 Å². The first-order valence-corrected chi connectivity index (χ1v) is 8.11. The molecule has 2 atom stereocenters. The molecule has 3 heterocycles. The second kappa shape index (κ2) is 7.40. The van der Waals surface area contributed by atoms with Crippen LogP contribution in [0.3, 0.4) is 0 Å². The Bertz CT molecular complexity index is 768. The van der Waals surface area contributed by atoms with Crippen molar-refractivity contribution in [2.75, 3.05) is 6.61 Å². The topological polar surface area (TPSA) is 97.1 Å². The van der Waals surface area contributed by atoms with E-state index in [1.807, 2.05) is 30.0 Å². The molecule has 0 fully saturated rings. The number of aryl methyl sites for hydroxylation is 1. The maximum atomic E-state index is 9.56. The zero-order chi connectivity index (χ0) is 17.8. The number of nitrogens with two attached hydrogens (primary N) is 1. The second-order valence-electron chi connectivity index (χ2n) is 5.98. The van der Waals surface area contributed by atoms with Crippen LogP contribution in [0.4, 0.5) is 0 Å². The maximum Gasteiger partial charge on any atom is 0.195 e. The van der Waals surface area contributed by atoms with Gasteiger partial charge in [0, 0.05) is 12.3 Å². The molecule has 3 N–H and O–H groups in total. The molecule has 7 heteroatoms. The predicted molar refractivity (Wildman–Crippen MR) is 93.3 cm³/mol. The summed E-state index contributed by atoms with van der Waals surface area (Å²) in [4.78, 5) is 10.9. The van der Waals surface area contributed by atoms with Gasteiger partial charge in [-0.1, -0.05) is 6.07 Å². The summed E-state index contributed by atoms with van der Waals surface area (Å²) >= 11 is 0. The molecule has 0 saturated heterocycles. The summed E-state index contributed by atoms with van der Waals surface area (Å²) in [6.07, 6.45) is 3.96. The second-order valence-corrected chi connectivity index (χ2v) is 5.98. The Labute approximate surface area is 146 Å². The number of furan rings is 1. The van der Waals surface area contributed by atoms with Crippen molar-refractivity contribution >= 4 is 5.84 Å². The molecule has 0 saturated carbocycles. The van der Waals surface area contributed by atoms with E-state index in [1.54, 1.807) is 31.5 Å². The van der Waals surface area contributed by atoms with Gasteiger partial charge in [0.2, 0.25) is 0 Å². The van der Waals surface area contributed by atoms with Crippen LogP contribution >= 0.6 is 0 Å². The molecule has 132 valence electrons. The number of rotatable bonds is 6. The van der Waals surface area contributed by atoms with Crippen LogP contribution in [0.1, 0.15) is 30.1 Å². The smallest absolute Gasteiger partial charge is 0.195 e. The van der Waals surface area contributed by atoms with Crippen LogP contribution in [0.2, 0.25) is 0 Å². The largest absolute Gasteiger partial charge is 0.476 e. The summed E-state index contributed by atoms with van der Waals surface area (Å²) in [7, 11) is 0. The first kappa shape index (κ1) is 17.0. The molecular weight excluding hydrogens is 320 g/mol. The van der Waals surface area contributed by atoms with E-state index in [1.165, 1.54) is 0 Å². The average molecular weight is 342 g/mol. The van der Waals surface area contributed by atoms with Crippen molar-refractivity contribution in [2.45, 2.75) is 32.7 Å². The van der Waals surface area contributed by atoms with E-state index in [0.29, 0.717) is 24.0 Å². The summed E-state index contributed by atoms with van der Waals surface area (Å²) < 4.78 is 11.3. The lowest BCUT2D eigenvalue weighted by atomic mass is 10.2. The van der Waals surface area contributed by atoms with Gasteiger partial charge in [0.05, 0.1) is 24.6 Å². The van der Waals surface area contributed by atoms with E-state index >= 15 is 0 Å². The molecule has 2 unspecified atom stereocenters. The number of amidine groups is 1. The number of pyridine rings is 1. The van der Waals surface area contributed by atoms with E-state index in [2.05, 4.69) is 9.98 Å². The third-order valence-electron chi connectivity index (χ3n) is 3.83. The van der Waals surface area contributed by atoms with Crippen molar-refractivity contribution in [1.29, 1.82) is 0 Å². The van der Waals surface area contributed by atoms with Gasteiger partial charge >= 0.3 is 0 Å². The summed E-state index contributed by atoms with van der Waals surface area (Å²) in [6, 6.07) is 7.55. The summed E-state index contributed by atoms with van der Waals surface area (Å²) in [5, 5.41) is 9.56. The van der Waals surface area contributed by atoms with Crippen molar-refractivity contribution in [2.24, 2.45) is 10.7 Å². The third-order valence-corrected chi connectivity index (χ3v) is 3.83. The monoisotopic (exact) mass is 342 g/mol. The Hall–Kier alpha value is -2.80. The number of hydrogen-bond acceptors (Lipinski definition) is 7. The predicted octanol–water partition coefficient (Wildman–Crippen LogP) is 2.09. The first-order chi connectivity index (χ1) is 12.0. The number of aromatic nitrogens is 1. The standard InChI is InChI=1S/C18H22N4O3/c1-12-5-3-7-20-14(12)10-22-17(25-11-13(2)23)9-16(19)21-18(22)15-6-4-8-24-15/h3-9,13,18,23H,10-11H2,1-2H3,(H2,19,21). The van der Waals surface area contributed by atoms with Crippen molar-refractivity contribution in [3.8, 4) is 0 Å². The summed E-state index contributed by atoms with van der Waals surface area (Å²) in [5.74, 6) is 1.53. The minimum Gasteiger partial charge on any atom is -0.476 e. The highest BCUT2D eigenvalue weighted by Crippen LogP contribution is 2.32. The van der Waals surface area contributed by atoms with Gasteiger partial charge in [0.25, 0.3) is 0 Å². The quantitative estimate of drug-likeness (QED) is 0.834. The van der Waals surface area contributed by atoms with Crippen LogP contribution < -0.4 is 5.73 Å². The minimum atomic E-state index is -0.596. The van der Waals surface area contributed by atoms with Gasteiger partial charge in [0.1, 0.15) is 18.2 Å². The normalized spacial score (nSPS) is 18.5. The van der Waals surface area contributed by atoms with Gasteiger partial charge < -0.3 is 24.9 Å². The van der Waals surface area contributed by atoms with Crippen molar-refractivity contribution in [3.63, 3.8) is 0 Å². The SMILES string of the molecule is Cc1cccnc1CN1C(OCC(C)O)=CC(N)=NC1c1ccco1. The first-order valence-electron chi connectivity index (χ1n) is 8.11. The number of aliphatic hydroxyl groups excluding tert-OH is 1. The van der Waals surface area contributed by atoms with Gasteiger partial charge in [-0.3, -0.25) is 4.98 Å². The molecule has 2 aromatic heterocycles. The van der Waals surface area contributed by atoms with E-state index in [0.717, 1.165) is 11.3 Å². The van der Waals surface area contributed by atoms with Crippen LogP contribution in [-0.4, -0.2) is 33.5 Å². The van der Waals surface area contributed by atoms with Crippen molar-refractivity contribution in [3.05, 3.63) is 65.7 Å². The highest BCUT2D eigenvalue weighted by atomic mass is 16.5. The van der Waals surface area contributed by atoms with E-state index < -0.39 is 12.3 Å². The molecule has 0 amide bonds. The molecule has 0 aromatic carbocycles. The highest BCUT2D eigenvalue weighted by molar-refractivity contribution is 5.92. The fourth-order valence-electron chi connectivity index (χ4n) is 2.57. The molecule has 0 bridgehead atoms. The molecule has 0 spiro atoms. The molecule has 0 radical (unpaired) electrons. The van der Waals surface area contributed by atoms with Crippen LogP contribution in [0.25, 0.3) is 0 Å². The Kier molecular flexibility index (Phi) is 5.04. The maximum absolute atomic E-state index is 9.56. The fraction of sp³-hybridized carbons (Fsp3) is 0.333. The number of nitrogens with zero attached hydrogens (tertiary/aromatic N) is 3. The molecule has 1 aliphatic rings. The fourth-order valence-corrected chi connectivity index (χ4v) is 2.57.